The molecule has 0 N–H and O–H groups in total. The maximum absolute atomic E-state index is 5.92. The summed E-state index contributed by atoms with van der Waals surface area (Å²) < 4.78 is 11.8. The first-order valence-corrected chi connectivity index (χ1v) is 13.3. The summed E-state index contributed by atoms with van der Waals surface area (Å²) in [4.78, 5) is 0. The fourth-order valence-corrected chi connectivity index (χ4v) is 9.46. The van der Waals surface area contributed by atoms with Crippen molar-refractivity contribution < 1.29 is 9.47 Å². The summed E-state index contributed by atoms with van der Waals surface area (Å²) in [5.41, 5.74) is 1.12. The molecule has 0 radical (unpaired) electrons. The van der Waals surface area contributed by atoms with Crippen LogP contribution in [0.2, 0.25) is 0 Å². The maximum Gasteiger partial charge on any atom is 0.167 e. The van der Waals surface area contributed by atoms with Crippen molar-refractivity contribution in [3.63, 3.8) is 0 Å². The van der Waals surface area contributed by atoms with Crippen LogP contribution in [0.15, 0.2) is 0 Å². The van der Waals surface area contributed by atoms with Crippen LogP contribution in [-0.2, 0) is 9.47 Å². The lowest BCUT2D eigenvalue weighted by Crippen LogP contribution is -2.48. The van der Waals surface area contributed by atoms with Crippen molar-refractivity contribution in [2.24, 2.45) is 52.3 Å². The Kier molecular flexibility index (Phi) is 6.44. The molecule has 4 aliphatic carbocycles. The van der Waals surface area contributed by atoms with E-state index in [9.17, 15) is 0 Å². The predicted octanol–water partition coefficient (Wildman–Crippen LogP) is 7.71. The van der Waals surface area contributed by atoms with Crippen LogP contribution in [0.3, 0.4) is 0 Å². The lowest BCUT2D eigenvalue weighted by atomic mass is 9.53. The summed E-state index contributed by atoms with van der Waals surface area (Å²) in [5.74, 6) is 6.06. The molecule has 0 heterocycles. The normalized spacial score (nSPS) is 45.8. The topological polar surface area (TPSA) is 18.5 Å². The van der Waals surface area contributed by atoms with Gasteiger partial charge in [-0.05, 0) is 90.8 Å². The number of fused-ring (bicyclic) bond motifs is 5. The van der Waals surface area contributed by atoms with Gasteiger partial charge in [-0.1, -0.05) is 53.9 Å². The Morgan fingerprint density at radius 2 is 1.53 bits per heavy atom. The Morgan fingerprint density at radius 1 is 0.833 bits per heavy atom. The van der Waals surface area contributed by atoms with Crippen LogP contribution < -0.4 is 0 Å². The molecule has 2 nitrogen and oxygen atoms in total. The highest BCUT2D eigenvalue weighted by atomic mass is 16.7. The van der Waals surface area contributed by atoms with E-state index in [0.717, 1.165) is 54.3 Å². The lowest BCUT2D eigenvalue weighted by molar-refractivity contribution is -0.245. The molecule has 0 aromatic rings. The Hall–Kier alpha value is -0.0800. The van der Waals surface area contributed by atoms with Crippen molar-refractivity contribution in [3.8, 4) is 0 Å². The molecule has 174 valence electrons. The van der Waals surface area contributed by atoms with E-state index in [1.54, 1.807) is 0 Å². The molecule has 0 aliphatic heterocycles. The van der Waals surface area contributed by atoms with Gasteiger partial charge in [0.15, 0.2) is 5.79 Å². The van der Waals surface area contributed by atoms with Crippen LogP contribution in [0.4, 0.5) is 0 Å². The number of ether oxygens (including phenoxy) is 2. The van der Waals surface area contributed by atoms with E-state index in [1.807, 2.05) is 14.2 Å². The number of rotatable bonds is 7. The number of hydrogen-bond donors (Lipinski definition) is 0. The van der Waals surface area contributed by atoms with Crippen molar-refractivity contribution >= 4 is 0 Å². The Bertz CT molecular complexity index is 595. The molecule has 4 fully saturated rings. The second kappa shape index (κ2) is 8.36. The van der Waals surface area contributed by atoms with E-state index in [1.165, 1.54) is 57.8 Å². The molecule has 4 rings (SSSR count). The van der Waals surface area contributed by atoms with E-state index in [-0.39, 0.29) is 5.79 Å². The molecular weight excluding hydrogens is 368 g/mol. The zero-order chi connectivity index (χ0) is 21.7. The number of hydrogen-bond acceptors (Lipinski definition) is 2. The fourth-order valence-electron chi connectivity index (χ4n) is 9.46. The minimum absolute atomic E-state index is 0.315. The van der Waals surface area contributed by atoms with Gasteiger partial charge in [0.1, 0.15) is 0 Å². The number of methoxy groups -OCH3 is 2. The Balaban J connectivity index is 1.48. The van der Waals surface area contributed by atoms with Gasteiger partial charge in [0.05, 0.1) is 0 Å². The third kappa shape index (κ3) is 3.60. The van der Waals surface area contributed by atoms with Crippen molar-refractivity contribution in [2.45, 2.75) is 111 Å². The van der Waals surface area contributed by atoms with Gasteiger partial charge in [0.25, 0.3) is 0 Å². The first kappa shape index (κ1) is 23.1. The molecule has 0 aromatic carbocycles. The highest BCUT2D eigenvalue weighted by Crippen LogP contribution is 2.71. The van der Waals surface area contributed by atoms with E-state index in [2.05, 4.69) is 34.6 Å². The van der Waals surface area contributed by atoms with Gasteiger partial charge in [0.2, 0.25) is 0 Å². The molecule has 0 saturated heterocycles. The predicted molar refractivity (Wildman–Crippen MR) is 125 cm³/mol. The monoisotopic (exact) mass is 418 g/mol. The smallest absolute Gasteiger partial charge is 0.167 e. The minimum Gasteiger partial charge on any atom is -0.353 e. The molecule has 8 unspecified atom stereocenters. The van der Waals surface area contributed by atoms with E-state index in [4.69, 9.17) is 9.47 Å². The largest absolute Gasteiger partial charge is 0.353 e. The summed E-state index contributed by atoms with van der Waals surface area (Å²) >= 11 is 0. The third-order valence-corrected chi connectivity index (χ3v) is 11.3. The molecule has 4 saturated carbocycles. The van der Waals surface area contributed by atoms with Crippen LogP contribution in [0.5, 0.6) is 0 Å². The van der Waals surface area contributed by atoms with E-state index >= 15 is 0 Å². The molecule has 8 atom stereocenters. The molecule has 0 bridgehead atoms. The highest BCUT2D eigenvalue weighted by molar-refractivity contribution is 5.12. The molecule has 0 spiro atoms. The van der Waals surface area contributed by atoms with Crippen LogP contribution in [0, 0.1) is 52.3 Å². The fraction of sp³-hybridized carbons (Fsp3) is 1.00. The standard InChI is InChI=1S/C28H50O2/c1-19(2)9-8-10-20(3)23-11-12-24-22-17-21-18-28(29-6,30-7)16-15-26(21,4)25(22)13-14-27(23,24)5/h19-25H,8-18H2,1-7H3. The van der Waals surface area contributed by atoms with Gasteiger partial charge in [0, 0.05) is 27.1 Å². The van der Waals surface area contributed by atoms with Gasteiger partial charge in [-0.3, -0.25) is 0 Å². The van der Waals surface area contributed by atoms with Crippen LogP contribution in [0.1, 0.15) is 105 Å². The summed E-state index contributed by atoms with van der Waals surface area (Å²) in [5, 5.41) is 0. The molecule has 0 amide bonds. The summed E-state index contributed by atoms with van der Waals surface area (Å²) in [6.07, 6.45) is 15.2. The molecule has 4 aliphatic rings. The van der Waals surface area contributed by atoms with Gasteiger partial charge < -0.3 is 9.47 Å². The second-order valence-electron chi connectivity index (χ2n) is 12.9. The summed E-state index contributed by atoms with van der Waals surface area (Å²) in [6, 6.07) is 0. The second-order valence-corrected chi connectivity index (χ2v) is 12.9. The quantitative estimate of drug-likeness (QED) is 0.394. The van der Waals surface area contributed by atoms with Crippen LogP contribution >= 0.6 is 0 Å². The zero-order valence-electron chi connectivity index (χ0n) is 21.1. The van der Waals surface area contributed by atoms with Gasteiger partial charge in [-0.15, -0.1) is 0 Å². The van der Waals surface area contributed by atoms with Crippen molar-refractivity contribution in [1.82, 2.24) is 0 Å². The molecular formula is C28H50O2. The van der Waals surface area contributed by atoms with Gasteiger partial charge in [-0.25, -0.2) is 0 Å². The first-order chi connectivity index (χ1) is 14.2. The Labute approximate surface area is 187 Å². The SMILES string of the molecule is COC1(OC)CCC2(C)C(CC3C2CCC2(C)C(C(C)CCCC(C)C)CCC32)C1. The van der Waals surface area contributed by atoms with Crippen LogP contribution in [0.25, 0.3) is 0 Å². The van der Waals surface area contributed by atoms with Gasteiger partial charge >= 0.3 is 0 Å². The first-order valence-electron chi connectivity index (χ1n) is 13.3. The minimum atomic E-state index is -0.315. The summed E-state index contributed by atoms with van der Waals surface area (Å²) in [7, 11) is 3.71. The average molecular weight is 419 g/mol. The maximum atomic E-state index is 5.92. The van der Waals surface area contributed by atoms with E-state index < -0.39 is 0 Å². The lowest BCUT2D eigenvalue weighted by Gasteiger charge is -2.52. The van der Waals surface area contributed by atoms with Crippen molar-refractivity contribution in [1.29, 1.82) is 0 Å². The average Bonchev–Trinajstić information content (AvgIpc) is 3.21. The molecule has 2 heteroatoms. The molecule has 0 aromatic heterocycles. The van der Waals surface area contributed by atoms with Crippen molar-refractivity contribution in [2.75, 3.05) is 14.2 Å². The van der Waals surface area contributed by atoms with Gasteiger partial charge in [-0.2, -0.15) is 0 Å². The molecule has 30 heavy (non-hydrogen) atoms. The van der Waals surface area contributed by atoms with E-state index in [0.29, 0.717) is 10.8 Å². The van der Waals surface area contributed by atoms with Crippen molar-refractivity contribution in [3.05, 3.63) is 0 Å². The van der Waals surface area contributed by atoms with Crippen LogP contribution in [-0.4, -0.2) is 20.0 Å². The highest BCUT2D eigenvalue weighted by Gasteiger charge is 2.64. The zero-order valence-corrected chi connectivity index (χ0v) is 21.1. The third-order valence-electron chi connectivity index (χ3n) is 11.3. The summed E-state index contributed by atoms with van der Waals surface area (Å²) in [6.45, 7) is 12.7. The Morgan fingerprint density at radius 3 is 2.20 bits per heavy atom.